The number of aromatic nitrogens is 1. The van der Waals surface area contributed by atoms with Crippen molar-refractivity contribution in [2.45, 2.75) is 26.2 Å². The molecule has 1 saturated heterocycles. The van der Waals surface area contributed by atoms with Crippen LogP contribution in [0.5, 0.6) is 0 Å². The van der Waals surface area contributed by atoms with Crippen molar-refractivity contribution in [3.8, 4) is 0 Å². The minimum Gasteiger partial charge on any atom is -0.395 e. The van der Waals surface area contributed by atoms with Crippen LogP contribution in [0.1, 0.15) is 35.5 Å². The van der Waals surface area contributed by atoms with E-state index >= 15 is 0 Å². The summed E-state index contributed by atoms with van der Waals surface area (Å²) in [4.78, 5) is 21.6. The van der Waals surface area contributed by atoms with Gasteiger partial charge in [-0.15, -0.1) is 11.3 Å². The van der Waals surface area contributed by atoms with E-state index in [1.807, 2.05) is 4.90 Å². The van der Waals surface area contributed by atoms with E-state index in [0.717, 1.165) is 36.1 Å². The molecular weight excluding hydrogens is 274 g/mol. The zero-order chi connectivity index (χ0) is 14.8. The Labute approximate surface area is 124 Å². The zero-order valence-electron chi connectivity index (χ0n) is 12.4. The monoisotopic (exact) mass is 297 g/mol. The molecule has 20 heavy (non-hydrogen) atoms. The van der Waals surface area contributed by atoms with Crippen LogP contribution in [0.25, 0.3) is 0 Å². The summed E-state index contributed by atoms with van der Waals surface area (Å²) >= 11 is 1.50. The summed E-state index contributed by atoms with van der Waals surface area (Å²) in [5, 5.41) is 9.92. The van der Waals surface area contributed by atoms with Gasteiger partial charge in [0.1, 0.15) is 4.88 Å². The summed E-state index contributed by atoms with van der Waals surface area (Å²) in [6.07, 6.45) is 1.70. The number of piperazine rings is 1. The van der Waals surface area contributed by atoms with Gasteiger partial charge in [0.05, 0.1) is 17.8 Å². The molecule has 2 heterocycles. The van der Waals surface area contributed by atoms with Crippen molar-refractivity contribution in [1.82, 2.24) is 14.8 Å². The fourth-order valence-electron chi connectivity index (χ4n) is 2.19. The molecule has 1 fully saturated rings. The molecule has 0 saturated carbocycles. The van der Waals surface area contributed by atoms with Crippen molar-refractivity contribution in [2.24, 2.45) is 0 Å². The van der Waals surface area contributed by atoms with Gasteiger partial charge in [0.15, 0.2) is 0 Å². The van der Waals surface area contributed by atoms with E-state index in [0.29, 0.717) is 6.54 Å². The Bertz CT molecular complexity index is 459. The molecule has 2 rings (SSSR count). The maximum Gasteiger partial charge on any atom is 0.265 e. The highest BCUT2D eigenvalue weighted by Gasteiger charge is 2.25. The fraction of sp³-hybridized carbons (Fsp3) is 0.714. The number of aliphatic hydroxyl groups excluding tert-OH is 1. The molecule has 0 atom stereocenters. The van der Waals surface area contributed by atoms with Crippen LogP contribution in [0, 0.1) is 0 Å². The van der Waals surface area contributed by atoms with Crippen molar-refractivity contribution in [3.63, 3.8) is 0 Å². The van der Waals surface area contributed by atoms with E-state index in [2.05, 4.69) is 30.7 Å². The maximum atomic E-state index is 12.4. The van der Waals surface area contributed by atoms with Crippen LogP contribution in [-0.4, -0.2) is 65.1 Å². The lowest BCUT2D eigenvalue weighted by Crippen LogP contribution is -2.49. The number of rotatable bonds is 3. The van der Waals surface area contributed by atoms with E-state index < -0.39 is 0 Å². The number of hydrogen-bond donors (Lipinski definition) is 1. The fourth-order valence-corrected chi connectivity index (χ4v) is 3.13. The van der Waals surface area contributed by atoms with Crippen LogP contribution in [-0.2, 0) is 5.41 Å². The first-order valence-corrected chi connectivity index (χ1v) is 7.82. The number of thiazole rings is 1. The molecule has 0 spiro atoms. The van der Waals surface area contributed by atoms with Crippen molar-refractivity contribution >= 4 is 17.2 Å². The molecule has 1 N–H and O–H groups in total. The Kier molecular flexibility index (Phi) is 4.78. The van der Waals surface area contributed by atoms with Gasteiger partial charge < -0.3 is 10.0 Å². The molecule has 0 unspecified atom stereocenters. The standard InChI is InChI=1S/C14H23N3O2S/c1-14(2,3)13-15-10-11(20-13)12(19)17-6-4-16(5-7-17)8-9-18/h10,18H,4-9H2,1-3H3. The van der Waals surface area contributed by atoms with E-state index in [-0.39, 0.29) is 17.9 Å². The normalized spacial score (nSPS) is 17.5. The van der Waals surface area contributed by atoms with Crippen LogP contribution < -0.4 is 0 Å². The van der Waals surface area contributed by atoms with E-state index in [1.165, 1.54) is 11.3 Å². The lowest BCUT2D eigenvalue weighted by atomic mass is 9.98. The molecule has 1 aliphatic rings. The first-order chi connectivity index (χ1) is 9.41. The number of carbonyl (C=O) groups excluding carboxylic acids is 1. The van der Waals surface area contributed by atoms with Crippen molar-refractivity contribution in [1.29, 1.82) is 0 Å². The molecule has 112 valence electrons. The number of β-amino-alcohol motifs (C(OH)–C–C–N with tert-alkyl or cyclic N) is 1. The lowest BCUT2D eigenvalue weighted by molar-refractivity contribution is 0.0619. The molecular formula is C14H23N3O2S. The average molecular weight is 297 g/mol. The second-order valence-corrected chi connectivity index (χ2v) is 7.17. The molecule has 1 amide bonds. The quantitative estimate of drug-likeness (QED) is 0.910. The van der Waals surface area contributed by atoms with Gasteiger partial charge in [-0.25, -0.2) is 4.98 Å². The minimum absolute atomic E-state index is 0.0109. The highest BCUT2D eigenvalue weighted by Crippen LogP contribution is 2.27. The topological polar surface area (TPSA) is 56.7 Å². The Morgan fingerprint density at radius 1 is 1.35 bits per heavy atom. The Morgan fingerprint density at radius 3 is 2.50 bits per heavy atom. The molecule has 0 bridgehead atoms. The predicted octanol–water partition coefficient (Wildman–Crippen LogP) is 1.19. The van der Waals surface area contributed by atoms with Crippen molar-refractivity contribution < 1.29 is 9.90 Å². The SMILES string of the molecule is CC(C)(C)c1ncc(C(=O)N2CCN(CCO)CC2)s1. The Hall–Kier alpha value is -0.980. The van der Waals surface area contributed by atoms with Crippen LogP contribution in [0.2, 0.25) is 0 Å². The zero-order valence-corrected chi connectivity index (χ0v) is 13.2. The van der Waals surface area contributed by atoms with E-state index in [1.54, 1.807) is 6.20 Å². The first kappa shape index (κ1) is 15.4. The third-order valence-electron chi connectivity index (χ3n) is 3.43. The van der Waals surface area contributed by atoms with Gasteiger partial charge in [0.25, 0.3) is 5.91 Å². The van der Waals surface area contributed by atoms with Gasteiger partial charge in [-0.2, -0.15) is 0 Å². The number of aliphatic hydroxyl groups is 1. The summed E-state index contributed by atoms with van der Waals surface area (Å²) in [5.41, 5.74) is -0.0109. The molecule has 1 aromatic heterocycles. The van der Waals surface area contributed by atoms with Crippen LogP contribution in [0.3, 0.4) is 0 Å². The highest BCUT2D eigenvalue weighted by atomic mass is 32.1. The lowest BCUT2D eigenvalue weighted by Gasteiger charge is -2.34. The summed E-state index contributed by atoms with van der Waals surface area (Å²) in [5.74, 6) is 0.0849. The number of nitrogens with zero attached hydrogens (tertiary/aromatic N) is 3. The molecule has 0 radical (unpaired) electrons. The van der Waals surface area contributed by atoms with Crippen LogP contribution in [0.4, 0.5) is 0 Å². The van der Waals surface area contributed by atoms with Crippen molar-refractivity contribution in [2.75, 3.05) is 39.3 Å². The molecule has 5 nitrogen and oxygen atoms in total. The predicted molar refractivity (Wildman–Crippen MR) is 80.2 cm³/mol. The second-order valence-electron chi connectivity index (χ2n) is 6.14. The Balaban J connectivity index is 1.97. The van der Waals surface area contributed by atoms with Crippen LogP contribution >= 0.6 is 11.3 Å². The summed E-state index contributed by atoms with van der Waals surface area (Å²) in [6, 6.07) is 0. The third-order valence-corrected chi connectivity index (χ3v) is 4.84. The van der Waals surface area contributed by atoms with Gasteiger partial charge >= 0.3 is 0 Å². The Morgan fingerprint density at radius 2 is 2.00 bits per heavy atom. The number of hydrogen-bond acceptors (Lipinski definition) is 5. The van der Waals surface area contributed by atoms with Gasteiger partial charge in [-0.05, 0) is 0 Å². The van der Waals surface area contributed by atoms with Gasteiger partial charge in [-0.3, -0.25) is 9.69 Å². The van der Waals surface area contributed by atoms with Crippen LogP contribution in [0.15, 0.2) is 6.20 Å². The van der Waals surface area contributed by atoms with Gasteiger partial charge in [0.2, 0.25) is 0 Å². The van der Waals surface area contributed by atoms with Gasteiger partial charge in [0, 0.05) is 38.1 Å². The van der Waals surface area contributed by atoms with E-state index in [4.69, 9.17) is 5.11 Å². The molecule has 0 aliphatic carbocycles. The number of carbonyl (C=O) groups is 1. The van der Waals surface area contributed by atoms with Gasteiger partial charge in [-0.1, -0.05) is 20.8 Å². The summed E-state index contributed by atoms with van der Waals surface area (Å²) in [7, 11) is 0. The average Bonchev–Trinajstić information content (AvgIpc) is 2.89. The van der Waals surface area contributed by atoms with E-state index in [9.17, 15) is 4.79 Å². The largest absolute Gasteiger partial charge is 0.395 e. The number of amides is 1. The smallest absolute Gasteiger partial charge is 0.265 e. The molecule has 1 aliphatic heterocycles. The highest BCUT2D eigenvalue weighted by molar-refractivity contribution is 7.13. The first-order valence-electron chi connectivity index (χ1n) is 7.00. The third kappa shape index (κ3) is 3.56. The molecule has 1 aromatic rings. The van der Waals surface area contributed by atoms with Crippen molar-refractivity contribution in [3.05, 3.63) is 16.1 Å². The summed E-state index contributed by atoms with van der Waals surface area (Å²) in [6.45, 7) is 10.3. The molecule has 6 heteroatoms. The molecule has 0 aromatic carbocycles. The second kappa shape index (κ2) is 6.20. The summed E-state index contributed by atoms with van der Waals surface area (Å²) < 4.78 is 0. The maximum absolute atomic E-state index is 12.4. The minimum atomic E-state index is -0.0109.